The number of carbonyl (C=O) groups excluding carboxylic acids is 3. The molecule has 1 aliphatic heterocycles. The van der Waals surface area contributed by atoms with Crippen molar-refractivity contribution in [1.82, 2.24) is 9.88 Å². The Bertz CT molecular complexity index is 1200. The fourth-order valence-corrected chi connectivity index (χ4v) is 3.31. The van der Waals surface area contributed by atoms with Gasteiger partial charge in [-0.05, 0) is 66.7 Å². The van der Waals surface area contributed by atoms with E-state index < -0.39 is 23.7 Å². The first-order valence-corrected chi connectivity index (χ1v) is 10.0. The average Bonchev–Trinajstić information content (AvgIpc) is 3.21. The van der Waals surface area contributed by atoms with Gasteiger partial charge in [0, 0.05) is 16.9 Å². The predicted molar refractivity (Wildman–Crippen MR) is 117 cm³/mol. The van der Waals surface area contributed by atoms with Gasteiger partial charge in [0.15, 0.2) is 0 Å². The molecule has 162 valence electrons. The van der Waals surface area contributed by atoms with Gasteiger partial charge in [-0.15, -0.1) is 0 Å². The Morgan fingerprint density at radius 2 is 1.72 bits per heavy atom. The third-order valence-electron chi connectivity index (χ3n) is 4.76. The van der Waals surface area contributed by atoms with E-state index in [0.29, 0.717) is 29.6 Å². The molecule has 1 saturated heterocycles. The number of urea groups is 1. The van der Waals surface area contributed by atoms with Crippen LogP contribution in [0, 0.1) is 5.82 Å². The fourth-order valence-electron chi connectivity index (χ4n) is 3.18. The second-order valence-electron chi connectivity index (χ2n) is 6.86. The van der Waals surface area contributed by atoms with Gasteiger partial charge in [-0.2, -0.15) is 0 Å². The molecular weight excluding hydrogens is 437 g/mol. The highest BCUT2D eigenvalue weighted by Crippen LogP contribution is 2.22. The molecule has 0 unspecified atom stereocenters. The number of rotatable bonds is 6. The van der Waals surface area contributed by atoms with Gasteiger partial charge in [-0.25, -0.2) is 14.1 Å². The third-order valence-corrected chi connectivity index (χ3v) is 5.01. The summed E-state index contributed by atoms with van der Waals surface area (Å²) < 4.78 is 20.7. The van der Waals surface area contributed by atoms with Crippen molar-refractivity contribution in [2.24, 2.45) is 0 Å². The SMILES string of the molecule is O=C1NC(=O)N(c2ccc(F)cc2)C(=O)/C1=C/c1cccn1CCOc1ccc(Cl)cc1. The molecule has 2 heterocycles. The number of barbiturate groups is 1. The van der Waals surface area contributed by atoms with Crippen LogP contribution in [0.15, 0.2) is 72.4 Å². The van der Waals surface area contributed by atoms with E-state index >= 15 is 0 Å². The smallest absolute Gasteiger partial charge is 0.335 e. The summed E-state index contributed by atoms with van der Waals surface area (Å²) in [5, 5.41) is 2.76. The molecule has 0 radical (unpaired) electrons. The number of nitrogens with one attached hydrogen (secondary N) is 1. The Kier molecular flexibility index (Phi) is 6.04. The molecule has 2 aromatic carbocycles. The van der Waals surface area contributed by atoms with Crippen LogP contribution in [0.2, 0.25) is 5.02 Å². The summed E-state index contributed by atoms with van der Waals surface area (Å²) in [5.41, 5.74) is 0.517. The van der Waals surface area contributed by atoms with Crippen LogP contribution >= 0.6 is 11.6 Å². The Labute approximate surface area is 187 Å². The normalized spacial score (nSPS) is 15.2. The summed E-state index contributed by atoms with van der Waals surface area (Å²) in [6.45, 7) is 0.790. The van der Waals surface area contributed by atoms with E-state index in [-0.39, 0.29) is 11.3 Å². The monoisotopic (exact) mass is 453 g/mol. The van der Waals surface area contributed by atoms with Gasteiger partial charge in [0.1, 0.15) is 23.7 Å². The lowest BCUT2D eigenvalue weighted by molar-refractivity contribution is -0.122. The highest BCUT2D eigenvalue weighted by atomic mass is 35.5. The molecule has 9 heteroatoms. The molecule has 0 saturated carbocycles. The molecule has 1 fully saturated rings. The van der Waals surface area contributed by atoms with Crippen LogP contribution in [0.25, 0.3) is 6.08 Å². The number of hydrogen-bond donors (Lipinski definition) is 1. The summed E-state index contributed by atoms with van der Waals surface area (Å²) in [6, 6.07) is 14.4. The number of anilines is 1. The summed E-state index contributed by atoms with van der Waals surface area (Å²) >= 11 is 5.86. The Balaban J connectivity index is 1.52. The largest absolute Gasteiger partial charge is 0.492 e. The van der Waals surface area contributed by atoms with Crippen molar-refractivity contribution in [1.29, 1.82) is 0 Å². The van der Waals surface area contributed by atoms with Gasteiger partial charge < -0.3 is 9.30 Å². The zero-order valence-corrected chi connectivity index (χ0v) is 17.4. The van der Waals surface area contributed by atoms with E-state index in [0.717, 1.165) is 17.0 Å². The second kappa shape index (κ2) is 9.07. The van der Waals surface area contributed by atoms with E-state index in [2.05, 4.69) is 5.32 Å². The lowest BCUT2D eigenvalue weighted by Crippen LogP contribution is -2.54. The number of ether oxygens (including phenoxy) is 1. The second-order valence-corrected chi connectivity index (χ2v) is 7.30. The number of aromatic nitrogens is 1. The minimum Gasteiger partial charge on any atom is -0.492 e. The van der Waals surface area contributed by atoms with Crippen LogP contribution in [-0.4, -0.2) is 29.0 Å². The molecule has 7 nitrogen and oxygen atoms in total. The average molecular weight is 454 g/mol. The molecule has 1 aromatic heterocycles. The van der Waals surface area contributed by atoms with Gasteiger partial charge in [0.05, 0.1) is 12.2 Å². The number of amides is 4. The van der Waals surface area contributed by atoms with Gasteiger partial charge in [-0.3, -0.25) is 14.9 Å². The quantitative estimate of drug-likeness (QED) is 0.451. The Morgan fingerprint density at radius 1 is 1.00 bits per heavy atom. The van der Waals surface area contributed by atoms with Crippen molar-refractivity contribution in [2.45, 2.75) is 6.54 Å². The van der Waals surface area contributed by atoms with Crippen LogP contribution in [0.1, 0.15) is 5.69 Å². The van der Waals surface area contributed by atoms with Crippen molar-refractivity contribution in [3.05, 3.63) is 89.0 Å². The first kappa shape index (κ1) is 21.3. The van der Waals surface area contributed by atoms with Gasteiger partial charge in [-0.1, -0.05) is 11.6 Å². The first-order chi connectivity index (χ1) is 15.4. The molecule has 0 aliphatic carbocycles. The zero-order chi connectivity index (χ0) is 22.7. The predicted octanol–water partition coefficient (Wildman–Crippen LogP) is 4.03. The zero-order valence-electron chi connectivity index (χ0n) is 16.6. The fraction of sp³-hybridized carbons (Fsp3) is 0.0870. The topological polar surface area (TPSA) is 80.6 Å². The van der Waals surface area contributed by atoms with Crippen molar-refractivity contribution in [3.63, 3.8) is 0 Å². The molecule has 1 aliphatic rings. The highest BCUT2D eigenvalue weighted by Gasteiger charge is 2.36. The molecular formula is C23H17ClFN3O4. The molecule has 0 spiro atoms. The van der Waals surface area contributed by atoms with Crippen molar-refractivity contribution < 1.29 is 23.5 Å². The maximum Gasteiger partial charge on any atom is 0.335 e. The maximum atomic E-state index is 13.2. The van der Waals surface area contributed by atoms with E-state index in [1.807, 2.05) is 4.57 Å². The van der Waals surface area contributed by atoms with Crippen LogP contribution in [-0.2, 0) is 16.1 Å². The van der Waals surface area contributed by atoms with E-state index in [1.165, 1.54) is 18.2 Å². The molecule has 0 bridgehead atoms. The van der Waals surface area contributed by atoms with Crippen LogP contribution in [0.4, 0.5) is 14.9 Å². The van der Waals surface area contributed by atoms with Crippen molar-refractivity contribution >= 4 is 41.2 Å². The number of halogens is 2. The number of nitrogens with zero attached hydrogens (tertiary/aromatic N) is 2. The van der Waals surface area contributed by atoms with E-state index in [9.17, 15) is 18.8 Å². The summed E-state index contributed by atoms with van der Waals surface area (Å²) in [6.07, 6.45) is 3.19. The standard InChI is InChI=1S/C23H17ClFN3O4/c24-15-3-9-19(10-4-15)32-13-12-27-11-1-2-18(27)14-20-21(29)26-23(31)28(22(20)30)17-7-5-16(25)6-8-17/h1-11,14H,12-13H2,(H,26,29,31)/b20-14+. The minimum absolute atomic E-state index is 0.152. The van der Waals surface area contributed by atoms with Crippen LogP contribution in [0.5, 0.6) is 5.75 Å². The van der Waals surface area contributed by atoms with Crippen molar-refractivity contribution in [2.75, 3.05) is 11.5 Å². The van der Waals surface area contributed by atoms with Gasteiger partial charge >= 0.3 is 6.03 Å². The lowest BCUT2D eigenvalue weighted by Gasteiger charge is -2.26. The molecule has 4 amide bonds. The Hall–Kier alpha value is -3.91. The summed E-state index contributed by atoms with van der Waals surface area (Å²) in [7, 11) is 0. The van der Waals surface area contributed by atoms with Crippen LogP contribution < -0.4 is 15.0 Å². The van der Waals surface area contributed by atoms with Gasteiger partial charge in [0.2, 0.25) is 0 Å². The minimum atomic E-state index is -0.893. The summed E-state index contributed by atoms with van der Waals surface area (Å²) in [5.74, 6) is -1.44. The molecule has 0 atom stereocenters. The number of benzene rings is 2. The summed E-state index contributed by atoms with van der Waals surface area (Å²) in [4.78, 5) is 38.3. The highest BCUT2D eigenvalue weighted by molar-refractivity contribution is 6.39. The number of imide groups is 2. The van der Waals surface area contributed by atoms with E-state index in [1.54, 1.807) is 42.6 Å². The van der Waals surface area contributed by atoms with E-state index in [4.69, 9.17) is 16.3 Å². The molecule has 3 aromatic rings. The maximum absolute atomic E-state index is 13.2. The Morgan fingerprint density at radius 3 is 2.44 bits per heavy atom. The molecule has 1 N–H and O–H groups in total. The van der Waals surface area contributed by atoms with Crippen molar-refractivity contribution in [3.8, 4) is 5.75 Å². The lowest BCUT2D eigenvalue weighted by atomic mass is 10.1. The first-order valence-electron chi connectivity index (χ1n) is 9.63. The third kappa shape index (κ3) is 4.55. The number of carbonyl (C=O) groups is 3. The molecule has 4 rings (SSSR count). The molecule has 32 heavy (non-hydrogen) atoms. The number of hydrogen-bond acceptors (Lipinski definition) is 4. The van der Waals surface area contributed by atoms with Gasteiger partial charge in [0.25, 0.3) is 11.8 Å². The van der Waals surface area contributed by atoms with Crippen LogP contribution in [0.3, 0.4) is 0 Å².